The first-order valence-corrected chi connectivity index (χ1v) is 9.03. The Balaban J connectivity index is 1.90. The van der Waals surface area contributed by atoms with Crippen LogP contribution in [0.5, 0.6) is 0 Å². The molecule has 27 heavy (non-hydrogen) atoms. The number of carboxylic acids is 1. The van der Waals surface area contributed by atoms with Crippen LogP contribution in [0.1, 0.15) is 66.7 Å². The van der Waals surface area contributed by atoms with E-state index < -0.39 is 5.97 Å². The fourth-order valence-corrected chi connectivity index (χ4v) is 4.25. The average Bonchev–Trinajstić information content (AvgIpc) is 2.80. The molecule has 0 atom stereocenters. The second-order valence-corrected chi connectivity index (χ2v) is 8.45. The van der Waals surface area contributed by atoms with Crippen LogP contribution in [0.25, 0.3) is 6.08 Å². The summed E-state index contributed by atoms with van der Waals surface area (Å²) in [6.45, 7) is 9.03. The zero-order chi connectivity index (χ0) is 19.8. The zero-order valence-electron chi connectivity index (χ0n) is 16.2. The van der Waals surface area contributed by atoms with Gasteiger partial charge in [0.05, 0.1) is 5.56 Å². The van der Waals surface area contributed by atoms with Crippen LogP contribution in [0.2, 0.25) is 0 Å². The van der Waals surface area contributed by atoms with E-state index in [-0.39, 0.29) is 16.4 Å². The second kappa shape index (κ2) is 6.69. The lowest BCUT2D eigenvalue weighted by Crippen LogP contribution is -2.18. The fourth-order valence-electron chi connectivity index (χ4n) is 4.25. The molecule has 4 heteroatoms. The standard InChI is InChI=1S/C23H25NO3/c1-22(2)14-23(3,4)19-13-17(10-11-18(19)22)20(24-27)12-7-15-5-8-16(9-6-15)21(25)26/h5-13,27H,14H2,1-4H3,(H,25,26)/b12-7+,24-20?. The van der Waals surface area contributed by atoms with Crippen LogP contribution in [0.15, 0.2) is 53.7 Å². The van der Waals surface area contributed by atoms with Gasteiger partial charge >= 0.3 is 5.97 Å². The largest absolute Gasteiger partial charge is 0.478 e. The number of carbonyl (C=O) groups is 1. The molecule has 0 saturated carbocycles. The van der Waals surface area contributed by atoms with Gasteiger partial charge in [0.2, 0.25) is 0 Å². The number of fused-ring (bicyclic) bond motifs is 1. The van der Waals surface area contributed by atoms with Crippen molar-refractivity contribution >= 4 is 17.8 Å². The van der Waals surface area contributed by atoms with Gasteiger partial charge in [0.25, 0.3) is 0 Å². The zero-order valence-corrected chi connectivity index (χ0v) is 16.2. The molecule has 2 N–H and O–H groups in total. The highest BCUT2D eigenvalue weighted by atomic mass is 16.4. The van der Waals surface area contributed by atoms with Gasteiger partial charge in [-0.2, -0.15) is 0 Å². The summed E-state index contributed by atoms with van der Waals surface area (Å²) in [6, 6.07) is 12.8. The van der Waals surface area contributed by atoms with E-state index in [0.29, 0.717) is 5.71 Å². The summed E-state index contributed by atoms with van der Waals surface area (Å²) in [4.78, 5) is 10.9. The Hall–Kier alpha value is -2.88. The molecular formula is C23H25NO3. The van der Waals surface area contributed by atoms with Crippen LogP contribution in [-0.2, 0) is 10.8 Å². The van der Waals surface area contributed by atoms with Gasteiger partial charge in [0.15, 0.2) is 0 Å². The van der Waals surface area contributed by atoms with E-state index in [9.17, 15) is 10.0 Å². The van der Waals surface area contributed by atoms with Crippen molar-refractivity contribution in [2.75, 3.05) is 0 Å². The number of allylic oxidation sites excluding steroid dienone is 1. The highest BCUT2D eigenvalue weighted by Gasteiger charge is 2.41. The molecule has 0 aromatic heterocycles. The van der Waals surface area contributed by atoms with Gasteiger partial charge in [-0.1, -0.05) is 63.2 Å². The van der Waals surface area contributed by atoms with Crippen molar-refractivity contribution < 1.29 is 15.1 Å². The highest BCUT2D eigenvalue weighted by Crippen LogP contribution is 2.49. The maximum atomic E-state index is 10.9. The van der Waals surface area contributed by atoms with E-state index in [1.807, 2.05) is 12.1 Å². The van der Waals surface area contributed by atoms with Crippen molar-refractivity contribution in [3.05, 3.63) is 76.4 Å². The number of hydrogen-bond acceptors (Lipinski definition) is 3. The van der Waals surface area contributed by atoms with Gasteiger partial charge in [0, 0.05) is 5.56 Å². The van der Waals surface area contributed by atoms with Crippen LogP contribution in [0, 0.1) is 0 Å². The molecule has 2 aromatic rings. The molecule has 2 aromatic carbocycles. The minimum absolute atomic E-state index is 0.0752. The predicted molar refractivity (Wildman–Crippen MR) is 108 cm³/mol. The van der Waals surface area contributed by atoms with Gasteiger partial charge in [-0.25, -0.2) is 4.79 Å². The van der Waals surface area contributed by atoms with Crippen LogP contribution in [0.3, 0.4) is 0 Å². The average molecular weight is 363 g/mol. The van der Waals surface area contributed by atoms with E-state index in [4.69, 9.17) is 5.11 Å². The monoisotopic (exact) mass is 363 g/mol. The highest BCUT2D eigenvalue weighted by molar-refractivity contribution is 6.10. The Morgan fingerprint density at radius 1 is 0.963 bits per heavy atom. The molecule has 0 radical (unpaired) electrons. The van der Waals surface area contributed by atoms with Crippen molar-refractivity contribution in [2.45, 2.75) is 44.9 Å². The van der Waals surface area contributed by atoms with Crippen molar-refractivity contribution in [3.8, 4) is 0 Å². The number of hydrogen-bond donors (Lipinski definition) is 2. The normalized spacial score (nSPS) is 17.9. The second-order valence-electron chi connectivity index (χ2n) is 8.45. The molecule has 0 aliphatic heterocycles. The molecule has 1 aliphatic carbocycles. The lowest BCUT2D eigenvalue weighted by atomic mass is 9.82. The summed E-state index contributed by atoms with van der Waals surface area (Å²) in [5, 5.41) is 21.9. The molecule has 0 saturated heterocycles. The third kappa shape index (κ3) is 3.65. The van der Waals surface area contributed by atoms with Gasteiger partial charge < -0.3 is 10.3 Å². The van der Waals surface area contributed by atoms with Gasteiger partial charge in [-0.05, 0) is 58.2 Å². The minimum atomic E-state index is -0.952. The molecule has 0 fully saturated rings. The molecule has 4 nitrogen and oxygen atoms in total. The SMILES string of the molecule is CC1(C)CC(C)(C)c2cc(C(/C=C/c3ccc(C(=O)O)cc3)=NO)ccc21. The summed E-state index contributed by atoms with van der Waals surface area (Å²) < 4.78 is 0. The number of aromatic carboxylic acids is 1. The van der Waals surface area contributed by atoms with E-state index in [1.165, 1.54) is 11.1 Å². The van der Waals surface area contributed by atoms with Gasteiger partial charge in [-0.15, -0.1) is 0 Å². The summed E-state index contributed by atoms with van der Waals surface area (Å²) >= 11 is 0. The van der Waals surface area contributed by atoms with Crippen molar-refractivity contribution in [3.63, 3.8) is 0 Å². The Morgan fingerprint density at radius 3 is 2.15 bits per heavy atom. The molecule has 1 aliphatic rings. The Kier molecular flexibility index (Phi) is 4.68. The number of carboxylic acid groups (broad SMARTS) is 1. The minimum Gasteiger partial charge on any atom is -0.478 e. The van der Waals surface area contributed by atoms with E-state index >= 15 is 0 Å². The summed E-state index contributed by atoms with van der Waals surface area (Å²) in [5.74, 6) is -0.952. The molecule has 140 valence electrons. The molecular weight excluding hydrogens is 338 g/mol. The molecule has 0 spiro atoms. The van der Waals surface area contributed by atoms with E-state index in [2.05, 4.69) is 45.0 Å². The predicted octanol–water partition coefficient (Wildman–Crippen LogP) is 5.24. The number of nitrogens with zero attached hydrogens (tertiary/aromatic N) is 1. The first-order valence-electron chi connectivity index (χ1n) is 9.03. The van der Waals surface area contributed by atoms with Gasteiger partial charge in [-0.3, -0.25) is 0 Å². The number of oxime groups is 1. The maximum Gasteiger partial charge on any atom is 0.335 e. The Labute approximate surface area is 159 Å². The quantitative estimate of drug-likeness (QED) is 0.444. The molecule has 0 bridgehead atoms. The third-order valence-electron chi connectivity index (χ3n) is 5.36. The van der Waals surface area contributed by atoms with Gasteiger partial charge in [0.1, 0.15) is 5.71 Å². The van der Waals surface area contributed by atoms with Crippen LogP contribution in [0.4, 0.5) is 0 Å². The van der Waals surface area contributed by atoms with Crippen LogP contribution < -0.4 is 0 Å². The molecule has 0 amide bonds. The third-order valence-corrected chi connectivity index (χ3v) is 5.36. The van der Waals surface area contributed by atoms with Crippen molar-refractivity contribution in [1.82, 2.24) is 0 Å². The lowest BCUT2D eigenvalue weighted by Gasteiger charge is -2.22. The van der Waals surface area contributed by atoms with Crippen LogP contribution in [-0.4, -0.2) is 22.0 Å². The van der Waals surface area contributed by atoms with E-state index in [1.54, 1.807) is 30.3 Å². The fraction of sp³-hybridized carbons (Fsp3) is 0.304. The smallest absolute Gasteiger partial charge is 0.335 e. The maximum absolute atomic E-state index is 10.9. The molecule has 0 heterocycles. The molecule has 3 rings (SSSR count). The van der Waals surface area contributed by atoms with Crippen molar-refractivity contribution in [2.24, 2.45) is 5.16 Å². The summed E-state index contributed by atoms with van der Waals surface area (Å²) in [6.07, 6.45) is 4.63. The number of benzene rings is 2. The summed E-state index contributed by atoms with van der Waals surface area (Å²) in [7, 11) is 0. The first kappa shape index (κ1) is 18.9. The van der Waals surface area contributed by atoms with Crippen molar-refractivity contribution in [1.29, 1.82) is 0 Å². The lowest BCUT2D eigenvalue weighted by molar-refractivity contribution is 0.0697. The topological polar surface area (TPSA) is 69.9 Å². The Bertz CT molecular complexity index is 935. The van der Waals surface area contributed by atoms with Crippen LogP contribution >= 0.6 is 0 Å². The first-order chi connectivity index (χ1) is 12.6. The Morgan fingerprint density at radius 2 is 1.56 bits per heavy atom. The number of rotatable bonds is 4. The molecule has 0 unspecified atom stereocenters. The van der Waals surface area contributed by atoms with E-state index in [0.717, 1.165) is 17.5 Å². The summed E-state index contributed by atoms with van der Waals surface area (Å²) in [5.41, 5.74) is 5.27.